The molecule has 0 atom stereocenters. The number of nitrogens with zero attached hydrogens (tertiary/aromatic N) is 1. The van der Waals surface area contributed by atoms with Crippen LogP contribution in [0.2, 0.25) is 0 Å². The topological polar surface area (TPSA) is 31.2 Å². The lowest BCUT2D eigenvalue weighted by molar-refractivity contribution is -0.142. The van der Waals surface area contributed by atoms with Crippen LogP contribution < -0.4 is 0 Å². The second-order valence-electron chi connectivity index (χ2n) is 4.31. The number of para-hydroxylation sites is 1. The molecule has 2 aromatic rings. The number of hydrogen-bond donors (Lipinski definition) is 0. The minimum Gasteiger partial charge on any atom is -0.466 e. The van der Waals surface area contributed by atoms with Crippen molar-refractivity contribution in [1.82, 2.24) is 4.57 Å². The van der Waals surface area contributed by atoms with Crippen LogP contribution in [-0.4, -0.2) is 17.1 Å². The fourth-order valence-electron chi connectivity index (χ4n) is 2.47. The first-order valence-electron chi connectivity index (χ1n) is 6.41. The van der Waals surface area contributed by atoms with Crippen molar-refractivity contribution in [3.8, 4) is 0 Å². The Kier molecular flexibility index (Phi) is 3.70. The molecule has 18 heavy (non-hydrogen) atoms. The zero-order chi connectivity index (χ0) is 13.1. The third-order valence-corrected chi connectivity index (χ3v) is 3.29. The smallest absolute Gasteiger partial charge is 0.311 e. The van der Waals surface area contributed by atoms with Crippen LogP contribution in [0.4, 0.5) is 0 Å². The predicted octanol–water partition coefficient (Wildman–Crippen LogP) is 3.08. The number of esters is 1. The van der Waals surface area contributed by atoms with E-state index in [0.717, 1.165) is 12.2 Å². The van der Waals surface area contributed by atoms with Gasteiger partial charge in [0.25, 0.3) is 0 Å². The van der Waals surface area contributed by atoms with Crippen molar-refractivity contribution in [1.29, 1.82) is 0 Å². The van der Waals surface area contributed by atoms with Crippen molar-refractivity contribution in [3.63, 3.8) is 0 Å². The van der Waals surface area contributed by atoms with E-state index in [-0.39, 0.29) is 5.97 Å². The maximum Gasteiger partial charge on any atom is 0.311 e. The normalized spacial score (nSPS) is 10.8. The van der Waals surface area contributed by atoms with Gasteiger partial charge in [-0.1, -0.05) is 18.2 Å². The lowest BCUT2D eigenvalue weighted by Crippen LogP contribution is -2.12. The van der Waals surface area contributed by atoms with Crippen LogP contribution in [0.5, 0.6) is 0 Å². The lowest BCUT2D eigenvalue weighted by Gasteiger charge is -2.08. The van der Waals surface area contributed by atoms with E-state index in [9.17, 15) is 4.79 Å². The van der Waals surface area contributed by atoms with Gasteiger partial charge in [-0.2, -0.15) is 0 Å². The highest BCUT2D eigenvalue weighted by Gasteiger charge is 2.15. The molecule has 1 aromatic carbocycles. The number of fused-ring (bicyclic) bond motifs is 1. The molecule has 0 aliphatic carbocycles. The number of carbonyl (C=O) groups is 1. The summed E-state index contributed by atoms with van der Waals surface area (Å²) in [5, 5.41) is 1.22. The van der Waals surface area contributed by atoms with Crippen molar-refractivity contribution in [2.24, 2.45) is 0 Å². The molecular formula is C15H19NO2. The van der Waals surface area contributed by atoms with E-state index in [1.807, 2.05) is 19.1 Å². The molecule has 0 unspecified atom stereocenters. The van der Waals surface area contributed by atoms with Gasteiger partial charge in [0.05, 0.1) is 13.0 Å². The van der Waals surface area contributed by atoms with Gasteiger partial charge in [0.2, 0.25) is 0 Å². The number of aryl methyl sites for hydroxylation is 2. The maximum atomic E-state index is 11.7. The molecule has 3 heteroatoms. The highest BCUT2D eigenvalue weighted by molar-refractivity contribution is 5.87. The van der Waals surface area contributed by atoms with Gasteiger partial charge in [-0.05, 0) is 32.4 Å². The van der Waals surface area contributed by atoms with Gasteiger partial charge in [-0.15, -0.1) is 0 Å². The molecule has 0 radical (unpaired) electrons. The Morgan fingerprint density at radius 1 is 1.28 bits per heavy atom. The molecule has 0 N–H and O–H groups in total. The number of rotatable bonds is 4. The van der Waals surface area contributed by atoms with Gasteiger partial charge in [0.15, 0.2) is 0 Å². The van der Waals surface area contributed by atoms with E-state index in [1.165, 1.54) is 16.5 Å². The molecule has 0 spiro atoms. The standard InChI is InChI=1S/C15H19NO2/c1-4-16-13-9-7-6-8-12(13)11(3)14(16)10-15(17)18-5-2/h6-9H,4-5,10H2,1-3H3. The van der Waals surface area contributed by atoms with Crippen LogP contribution in [-0.2, 0) is 22.5 Å². The van der Waals surface area contributed by atoms with E-state index in [4.69, 9.17) is 4.74 Å². The summed E-state index contributed by atoms with van der Waals surface area (Å²) in [6.07, 6.45) is 0.349. The van der Waals surface area contributed by atoms with Gasteiger partial charge < -0.3 is 9.30 Å². The summed E-state index contributed by atoms with van der Waals surface area (Å²) in [6, 6.07) is 8.26. The molecule has 0 amide bonds. The molecule has 96 valence electrons. The minimum absolute atomic E-state index is 0.155. The first kappa shape index (κ1) is 12.7. The summed E-state index contributed by atoms with van der Waals surface area (Å²) in [6.45, 7) is 7.30. The highest BCUT2D eigenvalue weighted by Crippen LogP contribution is 2.26. The van der Waals surface area contributed by atoms with Crippen molar-refractivity contribution in [3.05, 3.63) is 35.5 Å². The van der Waals surface area contributed by atoms with Crippen molar-refractivity contribution in [2.75, 3.05) is 6.61 Å². The number of aromatic nitrogens is 1. The van der Waals surface area contributed by atoms with Gasteiger partial charge >= 0.3 is 5.97 Å². The Morgan fingerprint density at radius 3 is 2.67 bits per heavy atom. The zero-order valence-corrected chi connectivity index (χ0v) is 11.2. The lowest BCUT2D eigenvalue weighted by atomic mass is 10.1. The third-order valence-electron chi connectivity index (χ3n) is 3.29. The monoisotopic (exact) mass is 245 g/mol. The molecule has 1 aromatic heterocycles. The average molecular weight is 245 g/mol. The van der Waals surface area contributed by atoms with E-state index in [1.54, 1.807) is 0 Å². The number of ether oxygens (including phenoxy) is 1. The Labute approximate surface area is 107 Å². The Morgan fingerprint density at radius 2 is 2.00 bits per heavy atom. The van der Waals surface area contributed by atoms with Gasteiger partial charge in [-0.25, -0.2) is 0 Å². The predicted molar refractivity (Wildman–Crippen MR) is 72.7 cm³/mol. The Balaban J connectivity index is 2.49. The van der Waals surface area contributed by atoms with Gasteiger partial charge in [0.1, 0.15) is 0 Å². The summed E-state index contributed by atoms with van der Waals surface area (Å²) in [7, 11) is 0. The fourth-order valence-corrected chi connectivity index (χ4v) is 2.47. The summed E-state index contributed by atoms with van der Waals surface area (Å²) in [5.41, 5.74) is 3.44. The molecule has 1 heterocycles. The van der Waals surface area contributed by atoms with Crippen molar-refractivity contribution in [2.45, 2.75) is 33.7 Å². The molecule has 0 aliphatic rings. The largest absolute Gasteiger partial charge is 0.466 e. The molecule has 0 fully saturated rings. The van der Waals surface area contributed by atoms with E-state index in [2.05, 4.69) is 30.5 Å². The maximum absolute atomic E-state index is 11.7. The number of hydrogen-bond acceptors (Lipinski definition) is 2. The molecule has 0 saturated carbocycles. The van der Waals surface area contributed by atoms with Crippen molar-refractivity contribution >= 4 is 16.9 Å². The quantitative estimate of drug-likeness (QED) is 0.775. The van der Waals surface area contributed by atoms with Crippen LogP contribution in [0, 0.1) is 6.92 Å². The molecule has 0 bridgehead atoms. The summed E-state index contributed by atoms with van der Waals surface area (Å²) in [5.74, 6) is -0.155. The van der Waals surface area contributed by atoms with Crippen LogP contribution in [0.25, 0.3) is 10.9 Å². The summed E-state index contributed by atoms with van der Waals surface area (Å²) < 4.78 is 7.24. The van der Waals surface area contributed by atoms with Crippen molar-refractivity contribution < 1.29 is 9.53 Å². The first-order chi connectivity index (χ1) is 8.69. The molecule has 0 aliphatic heterocycles. The van der Waals surface area contributed by atoms with Crippen LogP contribution >= 0.6 is 0 Å². The number of benzene rings is 1. The first-order valence-corrected chi connectivity index (χ1v) is 6.41. The van der Waals surface area contributed by atoms with Crippen LogP contribution in [0.1, 0.15) is 25.1 Å². The summed E-state index contributed by atoms with van der Waals surface area (Å²) in [4.78, 5) is 11.7. The molecular weight excluding hydrogens is 226 g/mol. The zero-order valence-electron chi connectivity index (χ0n) is 11.2. The van der Waals surface area contributed by atoms with Crippen LogP contribution in [0.3, 0.4) is 0 Å². The Bertz CT molecular complexity index is 569. The van der Waals surface area contributed by atoms with E-state index in [0.29, 0.717) is 13.0 Å². The summed E-state index contributed by atoms with van der Waals surface area (Å²) >= 11 is 0. The molecule has 0 saturated heterocycles. The molecule has 3 nitrogen and oxygen atoms in total. The van der Waals surface area contributed by atoms with Gasteiger partial charge in [0, 0.05) is 23.1 Å². The third kappa shape index (κ3) is 2.13. The van der Waals surface area contributed by atoms with Gasteiger partial charge in [-0.3, -0.25) is 4.79 Å². The van der Waals surface area contributed by atoms with Crippen LogP contribution in [0.15, 0.2) is 24.3 Å². The average Bonchev–Trinajstić information content (AvgIpc) is 2.63. The second-order valence-corrected chi connectivity index (χ2v) is 4.31. The Hall–Kier alpha value is -1.77. The number of carbonyl (C=O) groups excluding carboxylic acids is 1. The highest BCUT2D eigenvalue weighted by atomic mass is 16.5. The molecule has 2 rings (SSSR count). The SMILES string of the molecule is CCOC(=O)Cc1c(C)c2ccccc2n1CC. The van der Waals surface area contributed by atoms with E-state index >= 15 is 0 Å². The minimum atomic E-state index is -0.155. The van der Waals surface area contributed by atoms with E-state index < -0.39 is 0 Å². The fraction of sp³-hybridized carbons (Fsp3) is 0.400. The second kappa shape index (κ2) is 5.25.